The van der Waals surface area contributed by atoms with Gasteiger partial charge < -0.3 is 9.47 Å². The Bertz CT molecular complexity index is 833. The molecular weight excluding hydrogens is 330 g/mol. The summed E-state index contributed by atoms with van der Waals surface area (Å²) >= 11 is 0. The number of hydrogen-bond donors (Lipinski definition) is 0. The molecule has 24 heavy (non-hydrogen) atoms. The fourth-order valence-electron chi connectivity index (χ4n) is 2.71. The lowest BCUT2D eigenvalue weighted by atomic mass is 10.1. The van der Waals surface area contributed by atoms with Crippen LogP contribution in [0.2, 0.25) is 0 Å². The highest BCUT2D eigenvalue weighted by molar-refractivity contribution is 7.89. The molecule has 0 aliphatic carbocycles. The Labute approximate surface area is 140 Å². The van der Waals surface area contributed by atoms with E-state index in [2.05, 4.69) is 0 Å². The second-order valence-corrected chi connectivity index (χ2v) is 7.18. The van der Waals surface area contributed by atoms with Crippen LogP contribution in [0, 0.1) is 0 Å². The molecule has 1 aliphatic heterocycles. The summed E-state index contributed by atoms with van der Waals surface area (Å²) in [5.41, 5.74) is 0.755. The molecule has 0 aromatic heterocycles. The minimum absolute atomic E-state index is 0.107. The van der Waals surface area contributed by atoms with E-state index in [4.69, 9.17) is 9.47 Å². The molecule has 0 radical (unpaired) electrons. The summed E-state index contributed by atoms with van der Waals surface area (Å²) in [6.45, 7) is 0. The van der Waals surface area contributed by atoms with E-state index in [0.29, 0.717) is 5.75 Å². The van der Waals surface area contributed by atoms with Crippen molar-refractivity contribution in [3.63, 3.8) is 0 Å². The van der Waals surface area contributed by atoms with Gasteiger partial charge in [-0.05, 0) is 29.8 Å². The fourth-order valence-corrected chi connectivity index (χ4v) is 4.42. The first-order valence-electron chi connectivity index (χ1n) is 7.31. The maximum absolute atomic E-state index is 12.9. The summed E-state index contributed by atoms with van der Waals surface area (Å²) in [6, 6.07) is 13.7. The van der Waals surface area contributed by atoms with Crippen molar-refractivity contribution in [3.05, 3.63) is 60.2 Å². The molecule has 7 heteroatoms. The number of rotatable bonds is 5. The lowest BCUT2D eigenvalue weighted by Gasteiger charge is -2.07. The van der Waals surface area contributed by atoms with Gasteiger partial charge >= 0.3 is 5.97 Å². The zero-order valence-corrected chi connectivity index (χ0v) is 14.1. The van der Waals surface area contributed by atoms with Crippen LogP contribution in [0.25, 0.3) is 0 Å². The SMILES string of the molecule is COC(=O)[C@H]1[C@H](c2ccccc2)N1S(=O)(=O)c1ccc(OC)cc1. The van der Waals surface area contributed by atoms with Crippen LogP contribution in [0.4, 0.5) is 0 Å². The molecule has 6 nitrogen and oxygen atoms in total. The van der Waals surface area contributed by atoms with E-state index < -0.39 is 28.1 Å². The second-order valence-electron chi connectivity index (χ2n) is 5.33. The van der Waals surface area contributed by atoms with Crippen LogP contribution < -0.4 is 4.74 Å². The number of esters is 1. The molecule has 126 valence electrons. The zero-order chi connectivity index (χ0) is 17.3. The molecular formula is C17H17NO5S. The smallest absolute Gasteiger partial charge is 0.326 e. The van der Waals surface area contributed by atoms with E-state index in [1.54, 1.807) is 36.4 Å². The van der Waals surface area contributed by atoms with E-state index in [0.717, 1.165) is 5.56 Å². The average Bonchev–Trinajstić information content (AvgIpc) is 3.38. The van der Waals surface area contributed by atoms with Gasteiger partial charge in [-0.2, -0.15) is 4.31 Å². The summed E-state index contributed by atoms with van der Waals surface area (Å²) in [5, 5.41) is 0. The maximum atomic E-state index is 12.9. The second kappa shape index (κ2) is 6.26. The third-order valence-corrected chi connectivity index (χ3v) is 5.85. The van der Waals surface area contributed by atoms with Gasteiger partial charge in [0.2, 0.25) is 10.0 Å². The van der Waals surface area contributed by atoms with Gasteiger partial charge in [-0.1, -0.05) is 30.3 Å². The minimum Gasteiger partial charge on any atom is -0.497 e. The molecule has 3 atom stereocenters. The van der Waals surface area contributed by atoms with Crippen molar-refractivity contribution in [2.45, 2.75) is 17.0 Å². The highest BCUT2D eigenvalue weighted by Crippen LogP contribution is 2.48. The van der Waals surface area contributed by atoms with Crippen molar-refractivity contribution < 1.29 is 22.7 Å². The first kappa shape index (κ1) is 16.5. The van der Waals surface area contributed by atoms with Gasteiger partial charge in [0.05, 0.1) is 25.2 Å². The molecule has 1 fully saturated rings. The molecule has 0 bridgehead atoms. The monoisotopic (exact) mass is 347 g/mol. The lowest BCUT2D eigenvalue weighted by molar-refractivity contribution is -0.140. The number of sulfonamides is 1. The summed E-state index contributed by atoms with van der Waals surface area (Å²) in [7, 11) is -1.06. The molecule has 0 amide bonds. The molecule has 1 saturated heterocycles. The molecule has 0 spiro atoms. The Kier molecular flexibility index (Phi) is 4.29. The minimum atomic E-state index is -3.82. The number of methoxy groups -OCH3 is 2. The van der Waals surface area contributed by atoms with Crippen molar-refractivity contribution in [1.82, 2.24) is 4.31 Å². The maximum Gasteiger partial charge on any atom is 0.326 e. The quantitative estimate of drug-likeness (QED) is 0.611. The summed E-state index contributed by atoms with van der Waals surface area (Å²) < 4.78 is 36.7. The first-order valence-corrected chi connectivity index (χ1v) is 8.75. The van der Waals surface area contributed by atoms with Crippen molar-refractivity contribution in [1.29, 1.82) is 0 Å². The van der Waals surface area contributed by atoms with E-state index in [-0.39, 0.29) is 4.90 Å². The largest absolute Gasteiger partial charge is 0.497 e. The van der Waals surface area contributed by atoms with Crippen LogP contribution in [0.1, 0.15) is 11.6 Å². The predicted octanol–water partition coefficient (Wildman–Crippen LogP) is 1.98. The van der Waals surface area contributed by atoms with Gasteiger partial charge in [-0.25, -0.2) is 8.42 Å². The predicted molar refractivity (Wildman–Crippen MR) is 87.0 cm³/mol. The Morgan fingerprint density at radius 3 is 2.17 bits per heavy atom. The Morgan fingerprint density at radius 1 is 1.00 bits per heavy atom. The molecule has 3 rings (SSSR count). The Hall–Kier alpha value is -2.38. The fraction of sp³-hybridized carbons (Fsp3) is 0.235. The lowest BCUT2D eigenvalue weighted by Crippen LogP contribution is -2.20. The van der Waals surface area contributed by atoms with Gasteiger partial charge in [-0.15, -0.1) is 0 Å². The van der Waals surface area contributed by atoms with E-state index >= 15 is 0 Å². The van der Waals surface area contributed by atoms with Crippen LogP contribution in [-0.4, -0.2) is 39.0 Å². The standard InChI is InChI=1S/C17H17NO5S/c1-22-13-8-10-14(11-9-13)24(20,21)18-15(16(18)17(19)23-2)12-6-4-3-5-7-12/h3-11,15-16H,1-2H3/t15-,16+,18?/m0/s1. The van der Waals surface area contributed by atoms with E-state index in [1.165, 1.54) is 30.7 Å². The summed E-state index contributed by atoms with van der Waals surface area (Å²) in [4.78, 5) is 12.1. The third kappa shape index (κ3) is 2.76. The molecule has 2 aromatic carbocycles. The van der Waals surface area contributed by atoms with Crippen molar-refractivity contribution in [3.8, 4) is 5.75 Å². The molecule has 1 unspecified atom stereocenters. The van der Waals surface area contributed by atoms with Crippen LogP contribution in [-0.2, 0) is 19.6 Å². The number of hydrogen-bond acceptors (Lipinski definition) is 5. The van der Waals surface area contributed by atoms with Crippen molar-refractivity contribution in [2.75, 3.05) is 14.2 Å². The highest BCUT2D eigenvalue weighted by atomic mass is 32.2. The van der Waals surface area contributed by atoms with Gasteiger partial charge in [-0.3, -0.25) is 4.79 Å². The number of carbonyl (C=O) groups is 1. The van der Waals surface area contributed by atoms with E-state index in [1.807, 2.05) is 6.07 Å². The highest BCUT2D eigenvalue weighted by Gasteiger charge is 2.61. The number of ether oxygens (including phenoxy) is 2. The Morgan fingerprint density at radius 2 is 1.62 bits per heavy atom. The van der Waals surface area contributed by atoms with Gasteiger partial charge in [0.15, 0.2) is 0 Å². The third-order valence-electron chi connectivity index (χ3n) is 3.98. The molecule has 1 heterocycles. The molecule has 0 N–H and O–H groups in total. The average molecular weight is 347 g/mol. The first-order chi connectivity index (χ1) is 11.5. The molecule has 1 aliphatic rings. The normalized spacial score (nSPS) is 22.7. The van der Waals surface area contributed by atoms with Crippen LogP contribution in [0.3, 0.4) is 0 Å². The number of carbonyl (C=O) groups excluding carboxylic acids is 1. The summed E-state index contributed by atoms with van der Waals surface area (Å²) in [5.74, 6) is -0.00943. The molecule has 2 aromatic rings. The number of nitrogens with zero attached hydrogens (tertiary/aromatic N) is 1. The topological polar surface area (TPSA) is 72.7 Å². The zero-order valence-electron chi connectivity index (χ0n) is 13.2. The van der Waals surface area contributed by atoms with Crippen LogP contribution in [0.5, 0.6) is 5.75 Å². The molecule has 0 saturated carbocycles. The Balaban J connectivity index is 1.97. The summed E-state index contributed by atoms with van der Waals surface area (Å²) in [6.07, 6.45) is 0. The van der Waals surface area contributed by atoms with Crippen LogP contribution in [0.15, 0.2) is 59.5 Å². The van der Waals surface area contributed by atoms with Gasteiger partial charge in [0.25, 0.3) is 0 Å². The van der Waals surface area contributed by atoms with Crippen LogP contribution >= 0.6 is 0 Å². The van der Waals surface area contributed by atoms with Gasteiger partial charge in [0.1, 0.15) is 11.8 Å². The van der Waals surface area contributed by atoms with Crippen molar-refractivity contribution in [2.24, 2.45) is 0 Å². The van der Waals surface area contributed by atoms with Crippen molar-refractivity contribution >= 4 is 16.0 Å². The number of benzene rings is 2. The van der Waals surface area contributed by atoms with E-state index in [9.17, 15) is 13.2 Å². The van der Waals surface area contributed by atoms with Gasteiger partial charge in [0, 0.05) is 0 Å².